The van der Waals surface area contributed by atoms with Gasteiger partial charge in [0.15, 0.2) is 5.75 Å². The van der Waals surface area contributed by atoms with Crippen LogP contribution in [0.5, 0.6) is 5.75 Å². The van der Waals surface area contributed by atoms with Gasteiger partial charge in [0.1, 0.15) is 5.75 Å². The van der Waals surface area contributed by atoms with Crippen LogP contribution in [0.1, 0.15) is 10.4 Å². The molecule has 2 aromatic carbocycles. The van der Waals surface area contributed by atoms with Crippen LogP contribution in [0.3, 0.4) is 0 Å². The normalized spacial score (nSPS) is 19.1. The summed E-state index contributed by atoms with van der Waals surface area (Å²) in [6.45, 7) is 0. The fourth-order valence-corrected chi connectivity index (χ4v) is 4.72. The Hall–Kier alpha value is -1.24. The minimum absolute atomic E-state index is 0.123. The van der Waals surface area contributed by atoms with E-state index >= 15 is 0 Å². The van der Waals surface area contributed by atoms with Crippen LogP contribution in [-0.2, 0) is 10.9 Å². The van der Waals surface area contributed by atoms with Crippen LogP contribution >= 0.6 is 23.9 Å². The summed E-state index contributed by atoms with van der Waals surface area (Å²) in [6.07, 6.45) is 4.17. The van der Waals surface area contributed by atoms with Crippen molar-refractivity contribution in [3.63, 3.8) is 0 Å². The van der Waals surface area contributed by atoms with Crippen molar-refractivity contribution in [1.29, 1.82) is 0 Å². The Morgan fingerprint density at radius 1 is 0.967 bits per heavy atom. The highest BCUT2D eigenvalue weighted by Gasteiger charge is 2.75. The fraction of sp³-hybridized carbons (Fsp3) is 0.389. The number of hydrogen-bond donors (Lipinski definition) is 1. The van der Waals surface area contributed by atoms with E-state index in [1.807, 2.05) is 36.4 Å². The maximum Gasteiger partial charge on any atom is 0.394 e. The molecule has 0 aliphatic carbocycles. The van der Waals surface area contributed by atoms with Gasteiger partial charge in [-0.25, -0.2) is 0 Å². The molecule has 3 nitrogen and oxygen atoms in total. The van der Waals surface area contributed by atoms with Crippen molar-refractivity contribution in [1.82, 2.24) is 4.13 Å². The molecule has 0 bridgehead atoms. The van der Waals surface area contributed by atoms with Crippen molar-refractivity contribution in [2.45, 2.75) is 16.4 Å². The number of benzene rings is 2. The quantitative estimate of drug-likeness (QED) is 0.261. The number of alkyl halides is 6. The predicted octanol–water partition coefficient (Wildman–Crippen LogP) is 5.62. The SMILES string of the molecule is COc1ccc(C(=O)C[S+](C)C)c2ccccc12.FC1(F)SNSC(F)(F)C1(F)F. The number of hydrogen-bond acceptors (Lipinski definition) is 5. The number of carbonyl (C=O) groups excluding carboxylic acids is 1. The molecule has 12 heteroatoms. The second kappa shape index (κ2) is 9.49. The minimum atomic E-state index is -5.33. The smallest absolute Gasteiger partial charge is 0.394 e. The number of ketones is 1. The van der Waals surface area contributed by atoms with E-state index in [1.165, 1.54) is 4.13 Å². The van der Waals surface area contributed by atoms with Crippen LogP contribution in [-0.4, -0.2) is 47.6 Å². The first-order valence-electron chi connectivity index (χ1n) is 8.21. The molecule has 166 valence electrons. The van der Waals surface area contributed by atoms with E-state index in [0.29, 0.717) is 5.75 Å². The number of halogens is 6. The van der Waals surface area contributed by atoms with Crippen molar-refractivity contribution in [3.8, 4) is 5.75 Å². The van der Waals surface area contributed by atoms with Gasteiger partial charge in [-0.3, -0.25) is 4.79 Å². The molecule has 0 spiro atoms. The van der Waals surface area contributed by atoms with Crippen molar-refractivity contribution in [2.75, 3.05) is 25.4 Å². The number of Topliss-reactive ketones (excluding diaryl/α,β-unsaturated/α-hetero) is 1. The summed E-state index contributed by atoms with van der Waals surface area (Å²) in [7, 11) is 1.77. The Morgan fingerprint density at radius 3 is 1.97 bits per heavy atom. The molecular formula is C18H18F6NO2S3+. The lowest BCUT2D eigenvalue weighted by Crippen LogP contribution is -2.55. The Labute approximate surface area is 180 Å². The van der Waals surface area contributed by atoms with E-state index in [9.17, 15) is 31.1 Å². The van der Waals surface area contributed by atoms with Gasteiger partial charge >= 0.3 is 16.4 Å². The van der Waals surface area contributed by atoms with Gasteiger partial charge in [0, 0.05) is 34.8 Å². The van der Waals surface area contributed by atoms with Gasteiger partial charge in [0.2, 0.25) is 5.78 Å². The van der Waals surface area contributed by atoms with Crippen molar-refractivity contribution >= 4 is 51.3 Å². The van der Waals surface area contributed by atoms with Gasteiger partial charge in [-0.15, -0.1) is 0 Å². The van der Waals surface area contributed by atoms with Crippen LogP contribution in [0.25, 0.3) is 10.8 Å². The van der Waals surface area contributed by atoms with Crippen LogP contribution < -0.4 is 8.86 Å². The molecule has 1 N–H and O–H groups in total. The first-order chi connectivity index (χ1) is 13.8. The van der Waals surface area contributed by atoms with E-state index in [1.54, 1.807) is 7.11 Å². The number of methoxy groups -OCH3 is 1. The number of carbonyl (C=O) groups is 1. The summed E-state index contributed by atoms with van der Waals surface area (Å²) in [5.41, 5.74) is 0.799. The zero-order valence-electron chi connectivity index (χ0n) is 16.0. The molecule has 1 aliphatic rings. The summed E-state index contributed by atoms with van der Waals surface area (Å²) in [5.74, 6) is -3.70. The first-order valence-corrected chi connectivity index (χ1v) is 12.1. The standard InChI is InChI=1S/C15H17O2S.C3HF6NS2/c1-17-15-9-8-12(14(16)10-18(2)3)11-6-4-5-7-13(11)15;4-1(5)2(6,7)11-10-12-3(1,8)9/h4-9H,10H2,1-3H3;10H/q+1;. The lowest BCUT2D eigenvalue weighted by Gasteiger charge is -2.35. The number of ether oxygens (including phenoxy) is 1. The van der Waals surface area contributed by atoms with Gasteiger partial charge in [-0.1, -0.05) is 24.3 Å². The third-order valence-corrected chi connectivity index (χ3v) is 6.43. The zero-order valence-corrected chi connectivity index (χ0v) is 18.4. The summed E-state index contributed by atoms with van der Waals surface area (Å²) in [5, 5.41) is -7.60. The maximum absolute atomic E-state index is 12.2. The fourth-order valence-electron chi connectivity index (χ4n) is 2.46. The number of nitrogens with one attached hydrogen (secondary N) is 1. The van der Waals surface area contributed by atoms with E-state index in [2.05, 4.69) is 12.5 Å². The van der Waals surface area contributed by atoms with Crippen LogP contribution in [0.2, 0.25) is 0 Å². The molecule has 0 amide bonds. The molecule has 2 aromatic rings. The van der Waals surface area contributed by atoms with E-state index in [-0.39, 0.29) is 16.7 Å². The van der Waals surface area contributed by atoms with Gasteiger partial charge in [0.25, 0.3) is 0 Å². The van der Waals surface area contributed by atoms with Gasteiger partial charge in [-0.05, 0) is 28.4 Å². The highest BCUT2D eigenvalue weighted by molar-refractivity contribution is 8.14. The average Bonchev–Trinajstić information content (AvgIpc) is 2.65. The summed E-state index contributed by atoms with van der Waals surface area (Å²) in [6, 6.07) is 11.6. The topological polar surface area (TPSA) is 38.3 Å². The largest absolute Gasteiger partial charge is 0.496 e. The first kappa shape index (κ1) is 25.0. The monoisotopic (exact) mass is 490 g/mol. The molecule has 0 unspecified atom stereocenters. The van der Waals surface area contributed by atoms with Gasteiger partial charge < -0.3 is 4.74 Å². The summed E-state index contributed by atoms with van der Waals surface area (Å²) in [4.78, 5) is 12.2. The number of rotatable bonds is 4. The predicted molar refractivity (Wildman–Crippen MR) is 112 cm³/mol. The van der Waals surface area contributed by atoms with E-state index in [0.717, 1.165) is 22.1 Å². The highest BCUT2D eigenvalue weighted by Crippen LogP contribution is 2.58. The molecule has 30 heavy (non-hydrogen) atoms. The molecule has 0 radical (unpaired) electrons. The minimum Gasteiger partial charge on any atom is -0.496 e. The van der Waals surface area contributed by atoms with Crippen molar-refractivity contribution in [3.05, 3.63) is 42.0 Å². The van der Waals surface area contributed by atoms with E-state index in [4.69, 9.17) is 4.74 Å². The molecule has 0 atom stereocenters. The second-order valence-corrected chi connectivity index (χ2v) is 10.7. The summed E-state index contributed by atoms with van der Waals surface area (Å²) < 4.78 is 79.6. The molecule has 1 saturated heterocycles. The molecule has 1 fully saturated rings. The van der Waals surface area contributed by atoms with Crippen molar-refractivity contribution in [2.24, 2.45) is 0 Å². The average molecular weight is 491 g/mol. The molecular weight excluding hydrogens is 472 g/mol. The highest BCUT2D eigenvalue weighted by atomic mass is 32.2. The van der Waals surface area contributed by atoms with Crippen LogP contribution in [0.15, 0.2) is 36.4 Å². The lowest BCUT2D eigenvalue weighted by molar-refractivity contribution is -0.239. The molecule has 3 rings (SSSR count). The summed E-state index contributed by atoms with van der Waals surface area (Å²) >= 11 is -1.44. The third kappa shape index (κ3) is 5.14. The molecule has 1 aliphatic heterocycles. The third-order valence-electron chi connectivity index (χ3n) is 3.89. The Bertz CT molecular complexity index is 893. The molecule has 1 heterocycles. The molecule has 0 aromatic heterocycles. The van der Waals surface area contributed by atoms with Gasteiger partial charge in [0.05, 0.1) is 19.6 Å². The van der Waals surface area contributed by atoms with Crippen LogP contribution in [0, 0.1) is 0 Å². The molecule has 0 saturated carbocycles. The Morgan fingerprint density at radius 2 is 1.50 bits per heavy atom. The zero-order chi connectivity index (χ0) is 22.7. The lowest BCUT2D eigenvalue weighted by atomic mass is 10.0. The van der Waals surface area contributed by atoms with E-state index < -0.39 is 40.3 Å². The van der Waals surface area contributed by atoms with Crippen LogP contribution in [0.4, 0.5) is 26.3 Å². The Kier molecular flexibility index (Phi) is 7.92. The van der Waals surface area contributed by atoms with Crippen molar-refractivity contribution < 1.29 is 35.9 Å². The maximum atomic E-state index is 12.2. The Balaban J connectivity index is 0.000000232. The number of fused-ring (bicyclic) bond motifs is 1. The second-order valence-electron chi connectivity index (χ2n) is 6.31. The van der Waals surface area contributed by atoms with Gasteiger partial charge in [-0.2, -0.15) is 30.5 Å².